The number of hydrogen-bond donors (Lipinski definition) is 2. The lowest BCUT2D eigenvalue weighted by Crippen LogP contribution is -2.37. The number of rotatable bonds is 2. The summed E-state index contributed by atoms with van der Waals surface area (Å²) >= 11 is 0. The van der Waals surface area contributed by atoms with E-state index in [-0.39, 0.29) is 24.6 Å². The number of nitrogens with two attached hydrogens (primary N) is 1. The van der Waals surface area contributed by atoms with Gasteiger partial charge in [0.2, 0.25) is 0 Å². The summed E-state index contributed by atoms with van der Waals surface area (Å²) in [4.78, 5) is 10.8. The number of carbonyl (C=O) groups excluding carboxylic acids is 1. The number of carbonyl (C=O) groups is 1. The summed E-state index contributed by atoms with van der Waals surface area (Å²) in [5.74, 6) is -0.281. The van der Waals surface area contributed by atoms with Crippen LogP contribution in [-0.2, 0) is 9.53 Å². The maximum absolute atomic E-state index is 10.8. The Morgan fingerprint density at radius 1 is 1.91 bits per heavy atom. The van der Waals surface area contributed by atoms with Crippen LogP contribution in [0, 0.1) is 5.92 Å². The highest BCUT2D eigenvalue weighted by Crippen LogP contribution is 2.21. The summed E-state index contributed by atoms with van der Waals surface area (Å²) in [5.41, 5.74) is 5.48. The Morgan fingerprint density at radius 2 is 2.55 bits per heavy atom. The molecule has 0 aromatic carbocycles. The van der Waals surface area contributed by atoms with E-state index in [9.17, 15) is 4.79 Å². The van der Waals surface area contributed by atoms with Crippen molar-refractivity contribution in [3.8, 4) is 0 Å². The topological polar surface area (TPSA) is 72.6 Å². The first-order chi connectivity index (χ1) is 5.15. The van der Waals surface area contributed by atoms with Crippen molar-refractivity contribution < 1.29 is 14.6 Å². The van der Waals surface area contributed by atoms with Crippen LogP contribution in [0.5, 0.6) is 0 Å². The molecule has 1 saturated heterocycles. The first kappa shape index (κ1) is 8.49. The van der Waals surface area contributed by atoms with Crippen molar-refractivity contribution in [3.05, 3.63) is 0 Å². The zero-order chi connectivity index (χ0) is 8.43. The van der Waals surface area contributed by atoms with Crippen molar-refractivity contribution in [1.82, 2.24) is 0 Å². The van der Waals surface area contributed by atoms with Gasteiger partial charge in [-0.2, -0.15) is 0 Å². The molecule has 1 rings (SSSR count). The second-order valence-electron chi connectivity index (χ2n) is 2.96. The molecule has 0 aromatic rings. The van der Waals surface area contributed by atoms with Gasteiger partial charge in [-0.1, -0.05) is 6.92 Å². The summed E-state index contributed by atoms with van der Waals surface area (Å²) in [5, 5.41) is 8.65. The molecule has 3 atom stereocenters. The van der Waals surface area contributed by atoms with Gasteiger partial charge < -0.3 is 15.6 Å². The summed E-state index contributed by atoms with van der Waals surface area (Å²) in [6, 6.07) is -0.427. The van der Waals surface area contributed by atoms with E-state index < -0.39 is 6.04 Å². The smallest absolute Gasteiger partial charge is 0.309 e. The molecule has 0 aromatic heterocycles. The average molecular weight is 159 g/mol. The molecule has 0 bridgehead atoms. The van der Waals surface area contributed by atoms with Gasteiger partial charge in [-0.3, -0.25) is 4.79 Å². The molecule has 0 amide bonds. The van der Waals surface area contributed by atoms with Crippen molar-refractivity contribution in [2.24, 2.45) is 11.7 Å². The molecule has 64 valence electrons. The van der Waals surface area contributed by atoms with Gasteiger partial charge >= 0.3 is 5.97 Å². The molecule has 0 spiro atoms. The first-order valence-corrected chi connectivity index (χ1v) is 3.72. The van der Waals surface area contributed by atoms with Crippen molar-refractivity contribution >= 4 is 5.97 Å². The Labute approximate surface area is 65.3 Å². The van der Waals surface area contributed by atoms with Crippen molar-refractivity contribution in [3.63, 3.8) is 0 Å². The second kappa shape index (κ2) is 3.19. The lowest BCUT2D eigenvalue weighted by molar-refractivity contribution is -0.144. The minimum absolute atomic E-state index is 0.0717. The lowest BCUT2D eigenvalue weighted by atomic mass is 10.0. The van der Waals surface area contributed by atoms with Gasteiger partial charge in [-0.15, -0.1) is 0 Å². The molecule has 0 saturated carbocycles. The maximum atomic E-state index is 10.8. The fourth-order valence-electron chi connectivity index (χ4n) is 1.14. The number of ether oxygens (including phenoxy) is 1. The molecular weight excluding hydrogens is 146 g/mol. The Balaban J connectivity index is 2.46. The number of aliphatic hydroxyl groups excluding tert-OH is 1. The van der Waals surface area contributed by atoms with Gasteiger partial charge in [-0.25, -0.2) is 0 Å². The van der Waals surface area contributed by atoms with Crippen LogP contribution in [0.25, 0.3) is 0 Å². The zero-order valence-corrected chi connectivity index (χ0v) is 6.49. The molecule has 3 unspecified atom stereocenters. The number of cyclic esters (lactones) is 1. The molecule has 4 heteroatoms. The average Bonchev–Trinajstić information content (AvgIpc) is 2.31. The molecule has 0 aliphatic carbocycles. The standard InChI is InChI=1S/C7H13NO3/c1-4-2-6(5(8)3-9)11-7(4)10/h4-6,9H,2-3,8H2,1H3. The summed E-state index contributed by atoms with van der Waals surface area (Å²) < 4.78 is 4.90. The largest absolute Gasteiger partial charge is 0.460 e. The zero-order valence-electron chi connectivity index (χ0n) is 6.49. The fraction of sp³-hybridized carbons (Fsp3) is 0.857. The van der Waals surface area contributed by atoms with Crippen molar-refractivity contribution in [2.45, 2.75) is 25.5 Å². The van der Waals surface area contributed by atoms with Crippen LogP contribution in [0.1, 0.15) is 13.3 Å². The van der Waals surface area contributed by atoms with E-state index in [1.54, 1.807) is 6.92 Å². The van der Waals surface area contributed by atoms with Gasteiger partial charge in [0, 0.05) is 0 Å². The Hall–Kier alpha value is -0.610. The van der Waals surface area contributed by atoms with E-state index in [2.05, 4.69) is 0 Å². The third-order valence-electron chi connectivity index (χ3n) is 1.94. The van der Waals surface area contributed by atoms with Crippen LogP contribution in [0.3, 0.4) is 0 Å². The van der Waals surface area contributed by atoms with Gasteiger partial charge in [0.15, 0.2) is 0 Å². The summed E-state index contributed by atoms with van der Waals surface area (Å²) in [6.45, 7) is 1.66. The number of aliphatic hydroxyl groups is 1. The van der Waals surface area contributed by atoms with E-state index in [4.69, 9.17) is 15.6 Å². The van der Waals surface area contributed by atoms with Crippen LogP contribution in [0.4, 0.5) is 0 Å². The van der Waals surface area contributed by atoms with Crippen molar-refractivity contribution in [2.75, 3.05) is 6.61 Å². The molecule has 1 fully saturated rings. The minimum atomic E-state index is -0.427. The number of hydrogen-bond acceptors (Lipinski definition) is 4. The predicted octanol–water partition coefficient (Wildman–Crippen LogP) is -0.742. The van der Waals surface area contributed by atoms with Crippen LogP contribution >= 0.6 is 0 Å². The van der Waals surface area contributed by atoms with Gasteiger partial charge in [-0.05, 0) is 6.42 Å². The van der Waals surface area contributed by atoms with E-state index >= 15 is 0 Å². The van der Waals surface area contributed by atoms with Gasteiger partial charge in [0.1, 0.15) is 6.10 Å². The van der Waals surface area contributed by atoms with Gasteiger partial charge in [0.25, 0.3) is 0 Å². The third-order valence-corrected chi connectivity index (χ3v) is 1.94. The molecular formula is C7H13NO3. The highest BCUT2D eigenvalue weighted by atomic mass is 16.6. The minimum Gasteiger partial charge on any atom is -0.460 e. The highest BCUT2D eigenvalue weighted by molar-refractivity contribution is 5.74. The van der Waals surface area contributed by atoms with E-state index in [0.717, 1.165) is 0 Å². The van der Waals surface area contributed by atoms with Crippen LogP contribution in [0.2, 0.25) is 0 Å². The molecule has 1 aliphatic heterocycles. The monoisotopic (exact) mass is 159 g/mol. The third kappa shape index (κ3) is 1.70. The van der Waals surface area contributed by atoms with Crippen LogP contribution in [0.15, 0.2) is 0 Å². The quantitative estimate of drug-likeness (QED) is 0.520. The second-order valence-corrected chi connectivity index (χ2v) is 2.96. The van der Waals surface area contributed by atoms with Crippen LogP contribution < -0.4 is 5.73 Å². The van der Waals surface area contributed by atoms with E-state index in [1.807, 2.05) is 0 Å². The summed E-state index contributed by atoms with van der Waals surface area (Å²) in [6.07, 6.45) is 0.336. The summed E-state index contributed by atoms with van der Waals surface area (Å²) in [7, 11) is 0. The molecule has 1 aliphatic rings. The van der Waals surface area contributed by atoms with Crippen LogP contribution in [-0.4, -0.2) is 29.8 Å². The van der Waals surface area contributed by atoms with E-state index in [0.29, 0.717) is 6.42 Å². The molecule has 11 heavy (non-hydrogen) atoms. The first-order valence-electron chi connectivity index (χ1n) is 3.72. The lowest BCUT2D eigenvalue weighted by Gasteiger charge is -2.14. The Morgan fingerprint density at radius 3 is 2.91 bits per heavy atom. The Kier molecular flexibility index (Phi) is 2.46. The Bertz CT molecular complexity index is 160. The predicted molar refractivity (Wildman–Crippen MR) is 38.7 cm³/mol. The molecule has 3 N–H and O–H groups in total. The molecule has 4 nitrogen and oxygen atoms in total. The normalized spacial score (nSPS) is 33.5. The highest BCUT2D eigenvalue weighted by Gasteiger charge is 2.34. The van der Waals surface area contributed by atoms with Crippen molar-refractivity contribution in [1.29, 1.82) is 0 Å². The maximum Gasteiger partial charge on any atom is 0.309 e. The van der Waals surface area contributed by atoms with E-state index in [1.165, 1.54) is 0 Å². The fourth-order valence-corrected chi connectivity index (χ4v) is 1.14. The number of esters is 1. The SMILES string of the molecule is CC1CC(C(N)CO)OC1=O. The molecule has 1 heterocycles. The molecule has 0 radical (unpaired) electrons. The van der Waals surface area contributed by atoms with Gasteiger partial charge in [0.05, 0.1) is 18.6 Å².